The van der Waals surface area contributed by atoms with Crippen molar-refractivity contribution in [3.8, 4) is 11.3 Å². The molecule has 1 aliphatic carbocycles. The number of hydrogen-bond donors (Lipinski definition) is 0. The highest BCUT2D eigenvalue weighted by Crippen LogP contribution is 2.37. The first-order valence-electron chi connectivity index (χ1n) is 8.69. The molecule has 1 heterocycles. The second kappa shape index (κ2) is 5.81. The van der Waals surface area contributed by atoms with Gasteiger partial charge in [-0.3, -0.25) is 4.98 Å². The molecule has 1 heteroatoms. The van der Waals surface area contributed by atoms with Crippen molar-refractivity contribution in [1.29, 1.82) is 0 Å². The lowest BCUT2D eigenvalue weighted by Crippen LogP contribution is -1.95. The zero-order valence-electron chi connectivity index (χ0n) is 14.0. The molecule has 0 saturated heterocycles. The highest BCUT2D eigenvalue weighted by molar-refractivity contribution is 5.96. The second-order valence-electron chi connectivity index (χ2n) is 6.95. The Morgan fingerprint density at radius 1 is 0.913 bits per heavy atom. The Kier molecular flexibility index (Phi) is 3.65. The van der Waals surface area contributed by atoms with Gasteiger partial charge in [-0.1, -0.05) is 54.8 Å². The Balaban J connectivity index is 1.88. The minimum absolute atomic E-state index is 0.759. The Hall–Kier alpha value is -2.15. The number of fused-ring (bicyclic) bond motifs is 1. The van der Waals surface area contributed by atoms with Crippen LogP contribution in [0, 0.1) is 13.8 Å². The van der Waals surface area contributed by atoms with Gasteiger partial charge in [0.1, 0.15) is 0 Å². The summed E-state index contributed by atoms with van der Waals surface area (Å²) in [4.78, 5) is 4.74. The van der Waals surface area contributed by atoms with E-state index in [0.717, 1.165) is 11.6 Å². The molecule has 1 saturated carbocycles. The molecule has 116 valence electrons. The summed E-state index contributed by atoms with van der Waals surface area (Å²) in [5.74, 6) is 0.759. The van der Waals surface area contributed by atoms with E-state index in [-0.39, 0.29) is 0 Å². The van der Waals surface area contributed by atoms with Crippen molar-refractivity contribution < 1.29 is 0 Å². The highest BCUT2D eigenvalue weighted by Gasteiger charge is 2.18. The molecule has 23 heavy (non-hydrogen) atoms. The van der Waals surface area contributed by atoms with Gasteiger partial charge in [-0.15, -0.1) is 0 Å². The third kappa shape index (κ3) is 2.65. The maximum absolute atomic E-state index is 4.74. The topological polar surface area (TPSA) is 12.9 Å². The summed E-state index contributed by atoms with van der Waals surface area (Å²) in [5.41, 5.74) is 6.38. The molecule has 3 aromatic rings. The van der Waals surface area contributed by atoms with Gasteiger partial charge in [0.15, 0.2) is 0 Å². The zero-order chi connectivity index (χ0) is 15.8. The largest absolute Gasteiger partial charge is 0.255 e. The predicted octanol–water partition coefficient (Wildman–Crippen LogP) is 6.18. The van der Waals surface area contributed by atoms with Gasteiger partial charge in [0.05, 0.1) is 5.69 Å². The Morgan fingerprint density at radius 2 is 1.74 bits per heavy atom. The summed E-state index contributed by atoms with van der Waals surface area (Å²) in [7, 11) is 0. The molecule has 4 rings (SSSR count). The molecule has 0 N–H and O–H groups in total. The second-order valence-corrected chi connectivity index (χ2v) is 6.95. The summed E-state index contributed by atoms with van der Waals surface area (Å²) in [6.45, 7) is 4.31. The van der Waals surface area contributed by atoms with Gasteiger partial charge in [0.2, 0.25) is 0 Å². The first-order chi connectivity index (χ1) is 11.2. The van der Waals surface area contributed by atoms with Crippen LogP contribution in [0.5, 0.6) is 0 Å². The molecule has 0 bridgehead atoms. The number of nitrogens with zero attached hydrogens (tertiary/aromatic N) is 1. The van der Waals surface area contributed by atoms with Gasteiger partial charge < -0.3 is 0 Å². The van der Waals surface area contributed by atoms with Gasteiger partial charge in [-0.05, 0) is 55.2 Å². The van der Waals surface area contributed by atoms with E-state index in [1.165, 1.54) is 58.7 Å². The molecule has 1 fully saturated rings. The van der Waals surface area contributed by atoms with Crippen LogP contribution in [0.15, 0.2) is 48.7 Å². The van der Waals surface area contributed by atoms with Crippen molar-refractivity contribution in [2.75, 3.05) is 0 Å². The summed E-state index contributed by atoms with van der Waals surface area (Å²) in [5, 5.41) is 2.64. The van der Waals surface area contributed by atoms with Crippen LogP contribution in [0.2, 0.25) is 0 Å². The van der Waals surface area contributed by atoms with Crippen LogP contribution in [0.3, 0.4) is 0 Å². The fourth-order valence-corrected chi connectivity index (χ4v) is 3.93. The van der Waals surface area contributed by atoms with Crippen LogP contribution in [-0.2, 0) is 0 Å². The number of aromatic nitrogens is 1. The lowest BCUT2D eigenvalue weighted by Gasteiger charge is -2.14. The Bertz CT molecular complexity index is 857. The summed E-state index contributed by atoms with van der Waals surface area (Å²) in [6.07, 6.45) is 7.48. The molecule has 0 spiro atoms. The van der Waals surface area contributed by atoms with Gasteiger partial charge in [0.25, 0.3) is 0 Å². The van der Waals surface area contributed by atoms with Gasteiger partial charge in [-0.25, -0.2) is 0 Å². The Labute approximate surface area is 138 Å². The summed E-state index contributed by atoms with van der Waals surface area (Å²) in [6, 6.07) is 15.7. The highest BCUT2D eigenvalue weighted by atomic mass is 14.7. The number of aryl methyl sites for hydroxylation is 2. The van der Waals surface area contributed by atoms with Crippen LogP contribution < -0.4 is 0 Å². The van der Waals surface area contributed by atoms with E-state index < -0.39 is 0 Å². The van der Waals surface area contributed by atoms with E-state index in [2.05, 4.69) is 56.3 Å². The van der Waals surface area contributed by atoms with Gasteiger partial charge in [0, 0.05) is 17.1 Å². The van der Waals surface area contributed by atoms with E-state index in [4.69, 9.17) is 4.98 Å². The average molecular weight is 301 g/mol. The molecule has 0 radical (unpaired) electrons. The first kappa shape index (κ1) is 14.4. The number of benzene rings is 2. The molecule has 1 aromatic heterocycles. The molecule has 2 aromatic carbocycles. The number of hydrogen-bond acceptors (Lipinski definition) is 1. The molecular weight excluding hydrogens is 278 g/mol. The third-order valence-corrected chi connectivity index (χ3v) is 5.23. The molecular formula is C22H23N. The third-order valence-electron chi connectivity index (χ3n) is 5.23. The standard InChI is InChI=1S/C22H23N/c1-15-6-5-9-19(12-15)22-20-11-10-18(17-7-3-4-8-17)13-21(20)16(2)14-23-22/h5-6,9-14,17H,3-4,7-8H2,1-2H3. The van der Waals surface area contributed by atoms with Crippen molar-refractivity contribution in [2.24, 2.45) is 0 Å². The minimum atomic E-state index is 0.759. The molecule has 1 aliphatic rings. The smallest absolute Gasteiger partial charge is 0.0780 e. The van der Waals surface area contributed by atoms with E-state index >= 15 is 0 Å². The fraction of sp³-hybridized carbons (Fsp3) is 0.318. The molecule has 0 atom stereocenters. The van der Waals surface area contributed by atoms with Crippen LogP contribution >= 0.6 is 0 Å². The van der Waals surface area contributed by atoms with Crippen molar-refractivity contribution in [1.82, 2.24) is 4.98 Å². The predicted molar refractivity (Wildman–Crippen MR) is 97.9 cm³/mol. The van der Waals surface area contributed by atoms with E-state index in [1.807, 2.05) is 6.20 Å². The molecule has 0 aliphatic heterocycles. The normalized spacial score (nSPS) is 15.4. The maximum atomic E-state index is 4.74. The number of rotatable bonds is 2. The van der Waals surface area contributed by atoms with E-state index in [9.17, 15) is 0 Å². The van der Waals surface area contributed by atoms with Gasteiger partial charge >= 0.3 is 0 Å². The minimum Gasteiger partial charge on any atom is -0.255 e. The maximum Gasteiger partial charge on any atom is 0.0780 e. The fourth-order valence-electron chi connectivity index (χ4n) is 3.93. The SMILES string of the molecule is Cc1cccc(-c2ncc(C)c3cc(C4CCCC4)ccc23)c1. The lowest BCUT2D eigenvalue weighted by molar-refractivity contribution is 0.724. The summed E-state index contributed by atoms with van der Waals surface area (Å²) >= 11 is 0. The Morgan fingerprint density at radius 3 is 2.52 bits per heavy atom. The quantitative estimate of drug-likeness (QED) is 0.551. The monoisotopic (exact) mass is 301 g/mol. The van der Waals surface area contributed by atoms with Gasteiger partial charge in [-0.2, -0.15) is 0 Å². The van der Waals surface area contributed by atoms with Crippen molar-refractivity contribution >= 4 is 10.8 Å². The van der Waals surface area contributed by atoms with Crippen molar-refractivity contribution in [3.63, 3.8) is 0 Å². The van der Waals surface area contributed by atoms with E-state index in [0.29, 0.717) is 0 Å². The van der Waals surface area contributed by atoms with Crippen LogP contribution in [0.1, 0.15) is 48.3 Å². The molecule has 1 nitrogen and oxygen atoms in total. The van der Waals surface area contributed by atoms with Crippen molar-refractivity contribution in [3.05, 3.63) is 65.4 Å². The lowest BCUT2D eigenvalue weighted by atomic mass is 9.92. The van der Waals surface area contributed by atoms with E-state index in [1.54, 1.807) is 0 Å². The van der Waals surface area contributed by atoms with Crippen LogP contribution in [-0.4, -0.2) is 4.98 Å². The zero-order valence-corrected chi connectivity index (χ0v) is 14.0. The summed E-state index contributed by atoms with van der Waals surface area (Å²) < 4.78 is 0. The van der Waals surface area contributed by atoms with Crippen molar-refractivity contribution in [2.45, 2.75) is 45.4 Å². The molecule has 0 amide bonds. The average Bonchev–Trinajstić information content (AvgIpc) is 3.09. The van der Waals surface area contributed by atoms with Crippen LogP contribution in [0.4, 0.5) is 0 Å². The number of pyridine rings is 1. The molecule has 0 unspecified atom stereocenters. The first-order valence-corrected chi connectivity index (χ1v) is 8.69. The van der Waals surface area contributed by atoms with Crippen LogP contribution in [0.25, 0.3) is 22.0 Å².